The van der Waals surface area contributed by atoms with Gasteiger partial charge < -0.3 is 20.1 Å². The minimum Gasteiger partial charge on any atom is -0.491 e. The number of aliphatic hydroxyl groups is 1. The van der Waals surface area contributed by atoms with Crippen LogP contribution in [0.15, 0.2) is 36.7 Å². The first kappa shape index (κ1) is 15.5. The summed E-state index contributed by atoms with van der Waals surface area (Å²) in [5.41, 5.74) is 0.994. The van der Waals surface area contributed by atoms with Gasteiger partial charge in [0, 0.05) is 30.0 Å². The molecule has 0 saturated heterocycles. The highest BCUT2D eigenvalue weighted by Crippen LogP contribution is 2.19. The number of β-amino-alcohol motifs (C(OH)–C–C–N with tert-alkyl or cyclic N) is 1. The zero-order chi connectivity index (χ0) is 15.3. The topological polar surface area (TPSA) is 70.2 Å². The predicted molar refractivity (Wildman–Crippen MR) is 83.3 cm³/mol. The molecule has 1 aromatic heterocycles. The Kier molecular flexibility index (Phi) is 4.98. The van der Waals surface area contributed by atoms with Gasteiger partial charge in [0.2, 0.25) is 0 Å². The van der Waals surface area contributed by atoms with Crippen molar-refractivity contribution in [2.45, 2.75) is 32.4 Å². The molecule has 0 aliphatic carbocycles. The Bertz CT molecular complexity index is 530. The summed E-state index contributed by atoms with van der Waals surface area (Å²) in [6.45, 7) is 6.97. The van der Waals surface area contributed by atoms with E-state index >= 15 is 0 Å². The number of aromatic nitrogens is 2. The van der Waals surface area contributed by atoms with E-state index in [4.69, 9.17) is 4.74 Å². The summed E-state index contributed by atoms with van der Waals surface area (Å²) in [5, 5.41) is 13.1. The molecule has 2 aromatic rings. The quantitative estimate of drug-likeness (QED) is 0.762. The van der Waals surface area contributed by atoms with Gasteiger partial charge in [0.25, 0.3) is 0 Å². The number of aromatic amines is 1. The summed E-state index contributed by atoms with van der Waals surface area (Å²) in [4.78, 5) is 7.25. The molecular formula is C16H23N3O2. The highest BCUT2D eigenvalue weighted by atomic mass is 16.5. The van der Waals surface area contributed by atoms with E-state index in [1.807, 2.05) is 24.3 Å². The number of rotatable bonds is 6. The van der Waals surface area contributed by atoms with Crippen molar-refractivity contribution in [1.82, 2.24) is 15.3 Å². The lowest BCUT2D eigenvalue weighted by Crippen LogP contribution is -2.42. The van der Waals surface area contributed by atoms with Crippen molar-refractivity contribution < 1.29 is 9.84 Å². The molecule has 0 fully saturated rings. The second-order valence-corrected chi connectivity index (χ2v) is 6.06. The van der Waals surface area contributed by atoms with Gasteiger partial charge in [0.1, 0.15) is 24.3 Å². The molecule has 1 atom stereocenters. The summed E-state index contributed by atoms with van der Waals surface area (Å²) in [7, 11) is 0. The molecule has 0 saturated carbocycles. The fraction of sp³-hybridized carbons (Fsp3) is 0.438. The summed E-state index contributed by atoms with van der Waals surface area (Å²) in [6, 6.07) is 7.63. The first-order valence-electron chi connectivity index (χ1n) is 7.10. The molecule has 0 aliphatic heterocycles. The van der Waals surface area contributed by atoms with E-state index in [1.165, 1.54) is 0 Å². The zero-order valence-electron chi connectivity index (χ0n) is 12.8. The highest BCUT2D eigenvalue weighted by molar-refractivity contribution is 5.55. The van der Waals surface area contributed by atoms with Gasteiger partial charge in [-0.25, -0.2) is 4.98 Å². The van der Waals surface area contributed by atoms with Crippen LogP contribution in [-0.4, -0.2) is 39.9 Å². The lowest BCUT2D eigenvalue weighted by molar-refractivity contribution is 0.100. The number of hydrogen-bond acceptors (Lipinski definition) is 4. The first-order chi connectivity index (χ1) is 9.94. The van der Waals surface area contributed by atoms with Gasteiger partial charge >= 0.3 is 0 Å². The van der Waals surface area contributed by atoms with Gasteiger partial charge in [0.05, 0.1) is 0 Å². The summed E-state index contributed by atoms with van der Waals surface area (Å²) < 4.78 is 5.58. The second kappa shape index (κ2) is 6.74. The molecule has 0 aliphatic rings. The van der Waals surface area contributed by atoms with Crippen molar-refractivity contribution in [2.24, 2.45) is 0 Å². The van der Waals surface area contributed by atoms with Gasteiger partial charge in [-0.2, -0.15) is 0 Å². The molecule has 5 heteroatoms. The van der Waals surface area contributed by atoms with Crippen LogP contribution in [0, 0.1) is 0 Å². The van der Waals surface area contributed by atoms with Crippen molar-refractivity contribution >= 4 is 0 Å². The SMILES string of the molecule is CC(C)(C)NC[C@@H](O)COc1ccc(-c2ncc[nH]2)cc1. The van der Waals surface area contributed by atoms with Crippen LogP contribution in [-0.2, 0) is 0 Å². The van der Waals surface area contributed by atoms with E-state index in [1.54, 1.807) is 12.4 Å². The number of nitrogens with zero attached hydrogens (tertiary/aromatic N) is 1. The molecule has 0 radical (unpaired) electrons. The molecule has 5 nitrogen and oxygen atoms in total. The van der Waals surface area contributed by atoms with Crippen molar-refractivity contribution in [3.8, 4) is 17.1 Å². The molecule has 3 N–H and O–H groups in total. The smallest absolute Gasteiger partial charge is 0.137 e. The van der Waals surface area contributed by atoms with Crippen molar-refractivity contribution in [3.05, 3.63) is 36.7 Å². The molecule has 0 spiro atoms. The van der Waals surface area contributed by atoms with Crippen LogP contribution in [0.4, 0.5) is 0 Å². The molecule has 0 unspecified atom stereocenters. The minimum atomic E-state index is -0.533. The number of H-pyrrole nitrogens is 1. The Balaban J connectivity index is 1.81. The molecule has 1 heterocycles. The van der Waals surface area contributed by atoms with Crippen molar-refractivity contribution in [3.63, 3.8) is 0 Å². The minimum absolute atomic E-state index is 0.00826. The van der Waals surface area contributed by atoms with Crippen LogP contribution >= 0.6 is 0 Å². The van der Waals surface area contributed by atoms with E-state index in [0.717, 1.165) is 17.1 Å². The fourth-order valence-corrected chi connectivity index (χ4v) is 1.81. The van der Waals surface area contributed by atoms with Crippen molar-refractivity contribution in [1.29, 1.82) is 0 Å². The molecule has 0 amide bonds. The number of imidazole rings is 1. The average Bonchev–Trinajstić information content (AvgIpc) is 2.97. The Labute approximate surface area is 125 Å². The van der Waals surface area contributed by atoms with Gasteiger partial charge in [0.15, 0.2) is 0 Å². The van der Waals surface area contributed by atoms with Crippen LogP contribution in [0.3, 0.4) is 0 Å². The summed E-state index contributed by atoms with van der Waals surface area (Å²) in [6.07, 6.45) is 2.98. The normalized spacial score (nSPS) is 13.1. The molecular weight excluding hydrogens is 266 g/mol. The maximum Gasteiger partial charge on any atom is 0.137 e. The molecule has 0 bridgehead atoms. The Morgan fingerprint density at radius 1 is 1.29 bits per heavy atom. The van der Waals surface area contributed by atoms with E-state index in [-0.39, 0.29) is 12.1 Å². The van der Waals surface area contributed by atoms with Gasteiger partial charge in [-0.3, -0.25) is 0 Å². The van der Waals surface area contributed by atoms with Crippen LogP contribution in [0.25, 0.3) is 11.4 Å². The lowest BCUT2D eigenvalue weighted by Gasteiger charge is -2.22. The standard InChI is InChI=1S/C16H23N3O2/c1-16(2,3)19-10-13(20)11-21-14-6-4-12(5-7-14)15-17-8-9-18-15/h4-9,13,19-20H,10-11H2,1-3H3,(H,17,18)/t13-/m1/s1. The van der Waals surface area contributed by atoms with Crippen LogP contribution in [0.2, 0.25) is 0 Å². The molecule has 114 valence electrons. The zero-order valence-corrected chi connectivity index (χ0v) is 12.8. The second-order valence-electron chi connectivity index (χ2n) is 6.06. The van der Waals surface area contributed by atoms with Gasteiger partial charge in [-0.05, 0) is 45.0 Å². The van der Waals surface area contributed by atoms with E-state index in [9.17, 15) is 5.11 Å². The number of hydrogen-bond donors (Lipinski definition) is 3. The monoisotopic (exact) mass is 289 g/mol. The molecule has 2 rings (SSSR count). The largest absolute Gasteiger partial charge is 0.491 e. The Hall–Kier alpha value is -1.85. The van der Waals surface area contributed by atoms with Crippen LogP contribution in [0.1, 0.15) is 20.8 Å². The maximum atomic E-state index is 9.88. The Morgan fingerprint density at radius 3 is 2.57 bits per heavy atom. The fourth-order valence-electron chi connectivity index (χ4n) is 1.81. The molecule has 1 aromatic carbocycles. The van der Waals surface area contributed by atoms with E-state index in [0.29, 0.717) is 6.54 Å². The average molecular weight is 289 g/mol. The summed E-state index contributed by atoms with van der Waals surface area (Å²) in [5.74, 6) is 1.57. The number of aliphatic hydroxyl groups excluding tert-OH is 1. The number of benzene rings is 1. The third-order valence-electron chi connectivity index (χ3n) is 2.94. The third-order valence-corrected chi connectivity index (χ3v) is 2.94. The summed E-state index contributed by atoms with van der Waals surface area (Å²) >= 11 is 0. The lowest BCUT2D eigenvalue weighted by atomic mass is 10.1. The maximum absolute atomic E-state index is 9.88. The third kappa shape index (κ3) is 5.21. The molecule has 21 heavy (non-hydrogen) atoms. The van der Waals surface area contributed by atoms with Crippen molar-refractivity contribution in [2.75, 3.05) is 13.2 Å². The highest BCUT2D eigenvalue weighted by Gasteiger charge is 2.12. The van der Waals surface area contributed by atoms with Gasteiger partial charge in [-0.15, -0.1) is 0 Å². The number of nitrogens with one attached hydrogen (secondary N) is 2. The first-order valence-corrected chi connectivity index (χ1v) is 7.10. The van der Waals surface area contributed by atoms with E-state index < -0.39 is 6.10 Å². The van der Waals surface area contributed by atoms with Gasteiger partial charge in [-0.1, -0.05) is 0 Å². The predicted octanol–water partition coefficient (Wildman–Crippen LogP) is 2.20. The van der Waals surface area contributed by atoms with Crippen LogP contribution in [0.5, 0.6) is 5.75 Å². The van der Waals surface area contributed by atoms with Crippen LogP contribution < -0.4 is 10.1 Å². The number of ether oxygens (including phenoxy) is 1. The van der Waals surface area contributed by atoms with E-state index in [2.05, 4.69) is 36.1 Å². The Morgan fingerprint density at radius 2 is 2.00 bits per heavy atom.